The lowest BCUT2D eigenvalue weighted by Crippen LogP contribution is -2.38. The van der Waals surface area contributed by atoms with Crippen LogP contribution in [-0.2, 0) is 4.79 Å². The maximum absolute atomic E-state index is 11.0. The van der Waals surface area contributed by atoms with Gasteiger partial charge in [-0.3, -0.25) is 10.1 Å². The lowest BCUT2D eigenvalue weighted by molar-refractivity contribution is -0.121. The number of carbonyl (C=O) groups is 2. The second-order valence-electron chi connectivity index (χ2n) is 3.56. The van der Waals surface area contributed by atoms with Gasteiger partial charge in [-0.1, -0.05) is 12.1 Å². The molecule has 0 bridgehead atoms. The summed E-state index contributed by atoms with van der Waals surface area (Å²) >= 11 is 0. The zero-order valence-electron chi connectivity index (χ0n) is 9.47. The van der Waals surface area contributed by atoms with E-state index in [1.54, 1.807) is 12.1 Å². The third kappa shape index (κ3) is 4.52. The molecule has 0 fully saturated rings. The van der Waals surface area contributed by atoms with Crippen molar-refractivity contribution in [3.63, 3.8) is 0 Å². The lowest BCUT2D eigenvalue weighted by Gasteiger charge is -2.08. The second kappa shape index (κ2) is 5.86. The molecule has 0 aliphatic heterocycles. The zero-order valence-corrected chi connectivity index (χ0v) is 9.47. The van der Waals surface area contributed by atoms with Crippen molar-refractivity contribution in [2.45, 2.75) is 13.0 Å². The highest BCUT2D eigenvalue weighted by molar-refractivity contribution is 5.94. The second-order valence-corrected chi connectivity index (χ2v) is 3.56. The van der Waals surface area contributed by atoms with E-state index in [2.05, 4.69) is 0 Å². The number of hydrogen-bond acceptors (Lipinski definition) is 4. The van der Waals surface area contributed by atoms with Gasteiger partial charge in [0, 0.05) is 6.04 Å². The van der Waals surface area contributed by atoms with Crippen LogP contribution in [0.25, 0.3) is 0 Å². The van der Waals surface area contributed by atoms with Gasteiger partial charge in [0.1, 0.15) is 5.75 Å². The number of primary amides is 1. The number of carbonyl (C=O) groups excluding carboxylic acids is 2. The molecule has 0 saturated heterocycles. The fraction of sp³-hybridized carbons (Fsp3) is 0.273. The minimum atomic E-state index is -0.897. The Balaban J connectivity index is 2.47. The van der Waals surface area contributed by atoms with Gasteiger partial charge in [-0.2, -0.15) is 0 Å². The van der Waals surface area contributed by atoms with Gasteiger partial charge < -0.3 is 16.2 Å². The van der Waals surface area contributed by atoms with Gasteiger partial charge in [-0.05, 0) is 24.6 Å². The molecule has 0 aliphatic carbocycles. The van der Waals surface area contributed by atoms with Gasteiger partial charge in [-0.15, -0.1) is 0 Å². The molecule has 3 amide bonds. The van der Waals surface area contributed by atoms with E-state index < -0.39 is 11.9 Å². The molecule has 1 aromatic rings. The first kappa shape index (κ1) is 13.0. The molecule has 0 aromatic heterocycles. The quantitative estimate of drug-likeness (QED) is 0.699. The van der Waals surface area contributed by atoms with E-state index in [0.29, 0.717) is 5.75 Å². The Morgan fingerprint density at radius 3 is 2.41 bits per heavy atom. The summed E-state index contributed by atoms with van der Waals surface area (Å²) in [6, 6.07) is 6.08. The zero-order chi connectivity index (χ0) is 12.8. The highest BCUT2D eigenvalue weighted by Gasteiger charge is 2.05. The molecule has 17 heavy (non-hydrogen) atoms. The summed E-state index contributed by atoms with van der Waals surface area (Å²) in [7, 11) is 0. The molecule has 1 atom stereocenters. The summed E-state index contributed by atoms with van der Waals surface area (Å²) < 4.78 is 5.14. The van der Waals surface area contributed by atoms with Crippen LogP contribution >= 0.6 is 0 Å². The average Bonchev–Trinajstić information content (AvgIpc) is 2.26. The number of urea groups is 1. The van der Waals surface area contributed by atoms with Crippen LogP contribution in [0.2, 0.25) is 0 Å². The van der Waals surface area contributed by atoms with Gasteiger partial charge in [0.05, 0.1) is 0 Å². The monoisotopic (exact) mass is 237 g/mol. The highest BCUT2D eigenvalue weighted by Crippen LogP contribution is 2.15. The van der Waals surface area contributed by atoms with Crippen molar-refractivity contribution in [2.75, 3.05) is 6.61 Å². The van der Waals surface area contributed by atoms with E-state index >= 15 is 0 Å². The fourth-order valence-electron chi connectivity index (χ4n) is 1.19. The van der Waals surface area contributed by atoms with Crippen LogP contribution in [0.1, 0.15) is 18.5 Å². The van der Waals surface area contributed by atoms with Crippen LogP contribution in [0, 0.1) is 0 Å². The summed E-state index contributed by atoms with van der Waals surface area (Å²) in [5.41, 5.74) is 11.4. The van der Waals surface area contributed by atoms with Crippen LogP contribution in [0.4, 0.5) is 4.79 Å². The van der Waals surface area contributed by atoms with Crippen molar-refractivity contribution in [3.8, 4) is 5.75 Å². The topological polar surface area (TPSA) is 107 Å². The molecule has 0 radical (unpaired) electrons. The molecule has 0 spiro atoms. The van der Waals surface area contributed by atoms with E-state index in [4.69, 9.17) is 16.2 Å². The number of benzene rings is 1. The lowest BCUT2D eigenvalue weighted by atomic mass is 10.1. The van der Waals surface area contributed by atoms with Crippen molar-refractivity contribution in [1.29, 1.82) is 0 Å². The van der Waals surface area contributed by atoms with Crippen LogP contribution in [0.5, 0.6) is 5.75 Å². The molecule has 0 saturated carbocycles. The Kier molecular flexibility index (Phi) is 4.47. The van der Waals surface area contributed by atoms with Crippen molar-refractivity contribution in [2.24, 2.45) is 11.5 Å². The smallest absolute Gasteiger partial charge is 0.318 e. The van der Waals surface area contributed by atoms with Crippen molar-refractivity contribution in [3.05, 3.63) is 29.8 Å². The molecular formula is C11H15N3O3. The molecule has 0 unspecified atom stereocenters. The first-order valence-corrected chi connectivity index (χ1v) is 5.06. The van der Waals surface area contributed by atoms with Gasteiger partial charge in [-0.25, -0.2) is 4.79 Å². The molecule has 0 heterocycles. The normalized spacial score (nSPS) is 11.6. The number of nitrogens with one attached hydrogen (secondary N) is 1. The van der Waals surface area contributed by atoms with Gasteiger partial charge in [0.2, 0.25) is 0 Å². The Morgan fingerprint density at radius 2 is 1.94 bits per heavy atom. The maximum Gasteiger partial charge on any atom is 0.318 e. The Labute approximate surface area is 98.9 Å². The SMILES string of the molecule is C[C@@H](N)c1ccc(OCC(=O)NC(N)=O)cc1. The largest absolute Gasteiger partial charge is 0.484 e. The molecule has 6 nitrogen and oxygen atoms in total. The third-order valence-electron chi connectivity index (χ3n) is 2.04. The first-order valence-electron chi connectivity index (χ1n) is 5.06. The van der Waals surface area contributed by atoms with Crippen LogP contribution in [-0.4, -0.2) is 18.5 Å². The first-order chi connectivity index (χ1) is 7.99. The summed E-state index contributed by atoms with van der Waals surface area (Å²) in [6.07, 6.45) is 0. The summed E-state index contributed by atoms with van der Waals surface area (Å²) in [5.74, 6) is -0.0669. The molecule has 92 valence electrons. The molecule has 0 aliphatic rings. The number of ether oxygens (including phenoxy) is 1. The summed E-state index contributed by atoms with van der Waals surface area (Å²) in [6.45, 7) is 1.61. The summed E-state index contributed by atoms with van der Waals surface area (Å²) in [4.78, 5) is 21.4. The van der Waals surface area contributed by atoms with E-state index in [0.717, 1.165) is 5.56 Å². The number of nitrogens with two attached hydrogens (primary N) is 2. The number of imide groups is 1. The van der Waals surface area contributed by atoms with E-state index in [9.17, 15) is 9.59 Å². The molecule has 1 rings (SSSR count). The van der Waals surface area contributed by atoms with E-state index in [-0.39, 0.29) is 12.6 Å². The Morgan fingerprint density at radius 1 is 1.35 bits per heavy atom. The van der Waals surface area contributed by atoms with Crippen molar-refractivity contribution >= 4 is 11.9 Å². The maximum atomic E-state index is 11.0. The number of rotatable bonds is 4. The average molecular weight is 237 g/mol. The van der Waals surface area contributed by atoms with Crippen molar-refractivity contribution in [1.82, 2.24) is 5.32 Å². The van der Waals surface area contributed by atoms with Gasteiger partial charge in [0.25, 0.3) is 5.91 Å². The van der Waals surface area contributed by atoms with Crippen LogP contribution < -0.4 is 21.5 Å². The van der Waals surface area contributed by atoms with E-state index in [1.807, 2.05) is 24.4 Å². The van der Waals surface area contributed by atoms with Gasteiger partial charge in [0.15, 0.2) is 6.61 Å². The number of hydrogen-bond donors (Lipinski definition) is 3. The molecule has 6 heteroatoms. The fourth-order valence-corrected chi connectivity index (χ4v) is 1.19. The number of amides is 3. The molecule has 1 aromatic carbocycles. The van der Waals surface area contributed by atoms with Crippen LogP contribution in [0.3, 0.4) is 0 Å². The molecular weight excluding hydrogens is 222 g/mol. The predicted molar refractivity (Wildman–Crippen MR) is 62.3 cm³/mol. The van der Waals surface area contributed by atoms with Crippen LogP contribution in [0.15, 0.2) is 24.3 Å². The predicted octanol–water partition coefficient (Wildman–Crippen LogP) is 0.280. The standard InChI is InChI=1S/C11H15N3O3/c1-7(12)8-2-4-9(5-3-8)17-6-10(15)14-11(13)16/h2-5,7H,6,12H2,1H3,(H3,13,14,15,16)/t7-/m1/s1. The molecule has 5 N–H and O–H groups in total. The van der Waals surface area contributed by atoms with Crippen molar-refractivity contribution < 1.29 is 14.3 Å². The highest BCUT2D eigenvalue weighted by atomic mass is 16.5. The Hall–Kier alpha value is -2.08. The third-order valence-corrected chi connectivity index (χ3v) is 2.04. The van der Waals surface area contributed by atoms with Gasteiger partial charge >= 0.3 is 6.03 Å². The van der Waals surface area contributed by atoms with E-state index in [1.165, 1.54) is 0 Å². The minimum absolute atomic E-state index is 0.0535. The summed E-state index contributed by atoms with van der Waals surface area (Å²) in [5, 5.41) is 1.90. The Bertz CT molecular complexity index is 401. The minimum Gasteiger partial charge on any atom is -0.484 e.